The highest BCUT2D eigenvalue weighted by molar-refractivity contribution is 14.0. The lowest BCUT2D eigenvalue weighted by atomic mass is 9.96. The molecule has 0 aliphatic heterocycles. The molecule has 25 heavy (non-hydrogen) atoms. The van der Waals surface area contributed by atoms with Crippen LogP contribution >= 0.6 is 24.0 Å². The molecule has 1 saturated carbocycles. The van der Waals surface area contributed by atoms with Gasteiger partial charge in [-0.05, 0) is 38.7 Å². The Bertz CT molecular complexity index is 658. The van der Waals surface area contributed by atoms with E-state index in [4.69, 9.17) is 4.99 Å². The van der Waals surface area contributed by atoms with Gasteiger partial charge in [0, 0.05) is 24.3 Å². The van der Waals surface area contributed by atoms with Crippen LogP contribution in [0.1, 0.15) is 38.7 Å². The van der Waals surface area contributed by atoms with E-state index >= 15 is 0 Å². The third-order valence-corrected chi connectivity index (χ3v) is 5.41. The van der Waals surface area contributed by atoms with Crippen LogP contribution in [0.5, 0.6) is 0 Å². The number of guanidine groups is 1. The Morgan fingerprint density at radius 3 is 2.44 bits per heavy atom. The molecule has 5 nitrogen and oxygen atoms in total. The number of aliphatic imine (C=N–C) groups is 1. The van der Waals surface area contributed by atoms with Gasteiger partial charge in [0.25, 0.3) is 0 Å². The van der Waals surface area contributed by atoms with Gasteiger partial charge in [0.2, 0.25) is 0 Å². The van der Waals surface area contributed by atoms with E-state index in [2.05, 4.69) is 34.9 Å². The molecule has 1 aliphatic carbocycles. The van der Waals surface area contributed by atoms with Crippen LogP contribution in [-0.4, -0.2) is 45.5 Å². The van der Waals surface area contributed by atoms with Crippen LogP contribution < -0.4 is 10.6 Å². The second-order valence-corrected chi connectivity index (χ2v) is 9.07. The van der Waals surface area contributed by atoms with Gasteiger partial charge in [0.15, 0.2) is 5.96 Å². The third kappa shape index (κ3) is 7.52. The van der Waals surface area contributed by atoms with Crippen LogP contribution in [-0.2, 0) is 15.3 Å². The summed E-state index contributed by atoms with van der Waals surface area (Å²) in [4.78, 5) is 4.75. The molecule has 142 valence electrons. The maximum atomic E-state index is 11.3. The zero-order chi connectivity index (χ0) is 17.6. The summed E-state index contributed by atoms with van der Waals surface area (Å²) in [5.41, 5.74) is 1.54. The molecule has 1 aromatic rings. The van der Waals surface area contributed by atoms with Crippen molar-refractivity contribution in [2.45, 2.75) is 44.6 Å². The molecule has 0 bridgehead atoms. The van der Waals surface area contributed by atoms with Gasteiger partial charge in [-0.1, -0.05) is 30.3 Å². The highest BCUT2D eigenvalue weighted by atomic mass is 127. The maximum Gasteiger partial charge on any atom is 0.191 e. The number of nitrogens with one attached hydrogen (secondary N) is 2. The van der Waals surface area contributed by atoms with E-state index in [-0.39, 0.29) is 41.2 Å². The van der Waals surface area contributed by atoms with Crippen molar-refractivity contribution in [2.24, 2.45) is 4.99 Å². The fourth-order valence-electron chi connectivity index (χ4n) is 2.73. The zero-order valence-corrected chi connectivity index (χ0v) is 18.4. The van der Waals surface area contributed by atoms with Crippen LogP contribution in [0.15, 0.2) is 35.3 Å². The van der Waals surface area contributed by atoms with Gasteiger partial charge in [-0.2, -0.15) is 0 Å². The molecular formula is C18H30IN3O2S. The van der Waals surface area contributed by atoms with Gasteiger partial charge in [-0.3, -0.25) is 4.99 Å². The lowest BCUT2D eigenvalue weighted by Crippen LogP contribution is -2.43. The maximum absolute atomic E-state index is 11.3. The third-order valence-electron chi connectivity index (χ3n) is 4.43. The lowest BCUT2D eigenvalue weighted by molar-refractivity contribution is 0.580. The summed E-state index contributed by atoms with van der Waals surface area (Å²) < 4.78 is 22.6. The first-order chi connectivity index (χ1) is 11.3. The number of hydrogen-bond donors (Lipinski definition) is 2. The van der Waals surface area contributed by atoms with Crippen LogP contribution in [0.25, 0.3) is 0 Å². The first kappa shape index (κ1) is 22.2. The Morgan fingerprint density at radius 2 is 1.92 bits per heavy atom. The molecule has 0 saturated heterocycles. The van der Waals surface area contributed by atoms with E-state index in [0.29, 0.717) is 6.42 Å². The Morgan fingerprint density at radius 1 is 1.28 bits per heavy atom. The number of sulfone groups is 1. The molecule has 0 heterocycles. The summed E-state index contributed by atoms with van der Waals surface area (Å²) >= 11 is 0. The number of hydrogen-bond acceptors (Lipinski definition) is 3. The van der Waals surface area contributed by atoms with E-state index in [1.165, 1.54) is 24.7 Å². The molecule has 0 amide bonds. The van der Waals surface area contributed by atoms with Crippen molar-refractivity contribution in [3.05, 3.63) is 35.9 Å². The van der Waals surface area contributed by atoms with Gasteiger partial charge in [-0.25, -0.2) is 8.42 Å². The number of halogens is 1. The van der Waals surface area contributed by atoms with Crippen molar-refractivity contribution in [2.75, 3.05) is 25.1 Å². The Labute approximate surface area is 169 Å². The van der Waals surface area contributed by atoms with Gasteiger partial charge >= 0.3 is 0 Å². The smallest absolute Gasteiger partial charge is 0.191 e. The van der Waals surface area contributed by atoms with Crippen LogP contribution in [0.4, 0.5) is 0 Å². The van der Waals surface area contributed by atoms with Crippen molar-refractivity contribution >= 4 is 39.8 Å². The monoisotopic (exact) mass is 479 g/mol. The first-order valence-electron chi connectivity index (χ1n) is 8.63. The average molecular weight is 479 g/mol. The number of nitrogens with zero attached hydrogens (tertiary/aromatic N) is 1. The van der Waals surface area contributed by atoms with Crippen molar-refractivity contribution in [3.8, 4) is 0 Å². The van der Waals surface area contributed by atoms with E-state index in [1.54, 1.807) is 0 Å². The standard InChI is InChI=1S/C18H29N3O2S.HI/c1-4-19-17(21-15(2)10-13-24(3,22)23)20-14-18(11-12-18)16-8-6-5-7-9-16;/h5-9,15H,4,10-14H2,1-3H3,(H2,19,20,21);1H. The highest BCUT2D eigenvalue weighted by Crippen LogP contribution is 2.48. The van der Waals surface area contributed by atoms with Gasteiger partial charge < -0.3 is 10.6 Å². The van der Waals surface area contributed by atoms with Crippen molar-refractivity contribution in [3.63, 3.8) is 0 Å². The molecule has 0 aromatic heterocycles. The van der Waals surface area contributed by atoms with E-state index in [0.717, 1.165) is 19.0 Å². The summed E-state index contributed by atoms with van der Waals surface area (Å²) in [7, 11) is -2.93. The molecule has 0 radical (unpaired) electrons. The predicted octanol–water partition coefficient (Wildman–Crippen LogP) is 2.71. The van der Waals surface area contributed by atoms with Crippen molar-refractivity contribution in [1.82, 2.24) is 10.6 Å². The minimum absolute atomic E-state index is 0. The molecule has 1 unspecified atom stereocenters. The molecule has 1 aliphatic rings. The summed E-state index contributed by atoms with van der Waals surface area (Å²) in [6, 6.07) is 10.6. The molecule has 2 N–H and O–H groups in total. The predicted molar refractivity (Wildman–Crippen MR) is 116 cm³/mol. The topological polar surface area (TPSA) is 70.6 Å². The fraction of sp³-hybridized carbons (Fsp3) is 0.611. The molecular weight excluding hydrogens is 449 g/mol. The SMILES string of the molecule is CCNC(=NCC1(c2ccccc2)CC1)NC(C)CCS(C)(=O)=O.I. The molecule has 0 spiro atoms. The molecule has 2 rings (SSSR count). The van der Waals surface area contributed by atoms with Gasteiger partial charge in [0.05, 0.1) is 12.3 Å². The minimum Gasteiger partial charge on any atom is -0.357 e. The normalized spacial score (nSPS) is 17.3. The van der Waals surface area contributed by atoms with Crippen molar-refractivity contribution in [1.29, 1.82) is 0 Å². The molecule has 1 fully saturated rings. The second kappa shape index (κ2) is 9.75. The lowest BCUT2D eigenvalue weighted by Gasteiger charge is -2.19. The number of rotatable bonds is 8. The van der Waals surface area contributed by atoms with Crippen LogP contribution in [0.3, 0.4) is 0 Å². The molecule has 1 atom stereocenters. The Kier molecular flexibility index (Phi) is 8.67. The largest absolute Gasteiger partial charge is 0.357 e. The van der Waals surface area contributed by atoms with E-state index in [1.807, 2.05) is 19.9 Å². The Hall–Kier alpha value is -0.830. The minimum atomic E-state index is -2.93. The summed E-state index contributed by atoms with van der Waals surface area (Å²) in [6.07, 6.45) is 4.19. The van der Waals surface area contributed by atoms with Crippen molar-refractivity contribution < 1.29 is 8.42 Å². The van der Waals surface area contributed by atoms with E-state index in [9.17, 15) is 8.42 Å². The summed E-state index contributed by atoms with van der Waals surface area (Å²) in [5.74, 6) is 0.954. The highest BCUT2D eigenvalue weighted by Gasteiger charge is 2.43. The molecule has 1 aromatic carbocycles. The zero-order valence-electron chi connectivity index (χ0n) is 15.3. The average Bonchev–Trinajstić information content (AvgIpc) is 3.32. The van der Waals surface area contributed by atoms with Gasteiger partial charge in [-0.15, -0.1) is 24.0 Å². The quantitative estimate of drug-likeness (QED) is 0.342. The van der Waals surface area contributed by atoms with E-state index < -0.39 is 9.84 Å². The van der Waals surface area contributed by atoms with Crippen LogP contribution in [0.2, 0.25) is 0 Å². The second-order valence-electron chi connectivity index (χ2n) is 6.81. The summed E-state index contributed by atoms with van der Waals surface area (Å²) in [5, 5.41) is 6.57. The van der Waals surface area contributed by atoms with Gasteiger partial charge in [0.1, 0.15) is 9.84 Å². The van der Waals surface area contributed by atoms with Crippen LogP contribution in [0, 0.1) is 0 Å². The Balaban J connectivity index is 0.00000312. The fourth-order valence-corrected chi connectivity index (χ4v) is 3.51. The number of benzene rings is 1. The first-order valence-corrected chi connectivity index (χ1v) is 10.7. The summed E-state index contributed by atoms with van der Waals surface area (Å²) in [6.45, 7) is 5.55. The molecule has 7 heteroatoms.